The highest BCUT2D eigenvalue weighted by molar-refractivity contribution is 8.27. The number of amides is 1. The Morgan fingerprint density at radius 3 is 2.58 bits per heavy atom. The average Bonchev–Trinajstić information content (AvgIpc) is 3.06. The molecule has 0 unspecified atom stereocenters. The number of rotatable bonds is 6. The van der Waals surface area contributed by atoms with Crippen molar-refractivity contribution in [1.29, 1.82) is 0 Å². The van der Waals surface area contributed by atoms with Gasteiger partial charge in [-0.05, 0) is 48.0 Å². The van der Waals surface area contributed by atoms with Crippen molar-refractivity contribution in [2.24, 2.45) is 0 Å². The van der Waals surface area contributed by atoms with Gasteiger partial charge in [-0.2, -0.15) is 0 Å². The molecule has 1 fully saturated rings. The largest absolute Gasteiger partial charge is 0.489 e. The third-order valence-electron chi connectivity index (χ3n) is 4.71. The Hall–Kier alpha value is -3.27. The van der Waals surface area contributed by atoms with E-state index in [2.05, 4.69) is 0 Å². The van der Waals surface area contributed by atoms with E-state index in [-0.39, 0.29) is 28.8 Å². The zero-order valence-corrected chi connectivity index (χ0v) is 19.1. The standard InChI is InChI=1S/C23H14ClFN2O4S2/c24-19-5-2-6-20(25)18(19)13-31-17-4-1-3-14(11-17)12-21-22(28)26(23(32)33-21)15-7-9-16(10-8-15)27(29)30/h1-12H,13H2/b21-12-. The molecular weight excluding hydrogens is 487 g/mol. The van der Waals surface area contributed by atoms with Gasteiger partial charge in [-0.15, -0.1) is 0 Å². The number of carbonyl (C=O) groups is 1. The summed E-state index contributed by atoms with van der Waals surface area (Å²) in [5.41, 5.74) is 1.32. The first kappa shape index (κ1) is 22.9. The van der Waals surface area contributed by atoms with Crippen molar-refractivity contribution in [3.63, 3.8) is 0 Å². The zero-order valence-electron chi connectivity index (χ0n) is 16.7. The number of hydrogen-bond donors (Lipinski definition) is 0. The number of carbonyl (C=O) groups excluding carboxylic acids is 1. The molecule has 0 N–H and O–H groups in total. The maximum Gasteiger partial charge on any atom is 0.270 e. The maximum absolute atomic E-state index is 14.0. The molecule has 33 heavy (non-hydrogen) atoms. The fraction of sp³-hybridized carbons (Fsp3) is 0.0435. The summed E-state index contributed by atoms with van der Waals surface area (Å²) in [6.07, 6.45) is 1.67. The second-order valence-electron chi connectivity index (χ2n) is 6.85. The van der Waals surface area contributed by atoms with Gasteiger partial charge < -0.3 is 4.74 Å². The van der Waals surface area contributed by atoms with E-state index in [0.29, 0.717) is 26.2 Å². The highest BCUT2D eigenvalue weighted by Crippen LogP contribution is 2.36. The molecule has 3 aromatic rings. The second-order valence-corrected chi connectivity index (χ2v) is 8.93. The van der Waals surface area contributed by atoms with Crippen LogP contribution < -0.4 is 9.64 Å². The van der Waals surface area contributed by atoms with Crippen LogP contribution >= 0.6 is 35.6 Å². The number of thiocarbonyl (C=S) groups is 1. The van der Waals surface area contributed by atoms with Gasteiger partial charge in [0.05, 0.1) is 20.5 Å². The Labute approximate surface area is 202 Å². The van der Waals surface area contributed by atoms with Crippen LogP contribution in [0.5, 0.6) is 5.75 Å². The molecule has 4 rings (SSSR count). The van der Waals surface area contributed by atoms with Gasteiger partial charge in [0.1, 0.15) is 18.2 Å². The van der Waals surface area contributed by atoms with Gasteiger partial charge in [0.25, 0.3) is 11.6 Å². The average molecular weight is 501 g/mol. The van der Waals surface area contributed by atoms with E-state index in [1.165, 1.54) is 41.3 Å². The third kappa shape index (κ3) is 5.05. The first-order chi connectivity index (χ1) is 15.8. The maximum atomic E-state index is 14.0. The zero-order chi connectivity index (χ0) is 23.5. The van der Waals surface area contributed by atoms with E-state index in [4.69, 9.17) is 28.6 Å². The molecule has 0 spiro atoms. The first-order valence-corrected chi connectivity index (χ1v) is 11.1. The molecule has 1 aliphatic heterocycles. The predicted octanol–water partition coefficient (Wildman–Crippen LogP) is 6.37. The smallest absolute Gasteiger partial charge is 0.270 e. The molecule has 10 heteroatoms. The summed E-state index contributed by atoms with van der Waals surface area (Å²) in [6, 6.07) is 17.0. The van der Waals surface area contributed by atoms with Crippen molar-refractivity contribution in [2.45, 2.75) is 6.61 Å². The van der Waals surface area contributed by atoms with Crippen LogP contribution in [0.15, 0.2) is 71.6 Å². The summed E-state index contributed by atoms with van der Waals surface area (Å²) in [6.45, 7) is -0.0444. The minimum Gasteiger partial charge on any atom is -0.489 e. The van der Waals surface area contributed by atoms with Crippen molar-refractivity contribution in [3.05, 3.63) is 104 Å². The van der Waals surface area contributed by atoms with Gasteiger partial charge in [0, 0.05) is 17.7 Å². The number of hydrogen-bond acceptors (Lipinski definition) is 6. The molecule has 0 aromatic heterocycles. The van der Waals surface area contributed by atoms with Crippen LogP contribution in [0.4, 0.5) is 15.8 Å². The number of thioether (sulfide) groups is 1. The van der Waals surface area contributed by atoms with E-state index in [9.17, 15) is 19.3 Å². The van der Waals surface area contributed by atoms with Gasteiger partial charge in [0.2, 0.25) is 0 Å². The van der Waals surface area contributed by atoms with E-state index in [1.54, 1.807) is 36.4 Å². The number of anilines is 1. The highest BCUT2D eigenvalue weighted by Gasteiger charge is 2.33. The van der Waals surface area contributed by atoms with Crippen LogP contribution in [-0.4, -0.2) is 15.2 Å². The van der Waals surface area contributed by atoms with Crippen LogP contribution in [0.1, 0.15) is 11.1 Å². The van der Waals surface area contributed by atoms with Crippen molar-refractivity contribution >= 4 is 63.3 Å². The Balaban J connectivity index is 1.51. The van der Waals surface area contributed by atoms with Gasteiger partial charge in [-0.25, -0.2) is 4.39 Å². The minimum atomic E-state index is -0.511. The Kier molecular flexibility index (Phi) is 6.73. The molecule has 0 radical (unpaired) electrons. The fourth-order valence-corrected chi connectivity index (χ4v) is 4.60. The third-order valence-corrected chi connectivity index (χ3v) is 6.37. The number of nitrogens with zero attached hydrogens (tertiary/aromatic N) is 2. The molecule has 1 aliphatic rings. The Morgan fingerprint density at radius 2 is 1.88 bits per heavy atom. The van der Waals surface area contributed by atoms with Crippen LogP contribution in [0, 0.1) is 15.9 Å². The summed E-state index contributed by atoms with van der Waals surface area (Å²) in [5, 5.41) is 11.1. The van der Waals surface area contributed by atoms with Crippen molar-refractivity contribution in [3.8, 4) is 5.75 Å². The summed E-state index contributed by atoms with van der Waals surface area (Å²) in [5.74, 6) is -0.300. The lowest BCUT2D eigenvalue weighted by Gasteiger charge is -2.14. The SMILES string of the molecule is O=C1/C(=C/c2cccc(OCc3c(F)cccc3Cl)c2)SC(=S)N1c1ccc([N+](=O)[O-])cc1. The number of halogens is 2. The van der Waals surface area contributed by atoms with Crippen LogP contribution in [-0.2, 0) is 11.4 Å². The predicted molar refractivity (Wildman–Crippen MR) is 131 cm³/mol. The van der Waals surface area contributed by atoms with E-state index in [0.717, 1.165) is 11.8 Å². The highest BCUT2D eigenvalue weighted by atomic mass is 35.5. The van der Waals surface area contributed by atoms with Gasteiger partial charge >= 0.3 is 0 Å². The summed E-state index contributed by atoms with van der Waals surface area (Å²) < 4.78 is 20.0. The molecule has 0 atom stereocenters. The molecule has 6 nitrogen and oxygen atoms in total. The molecular formula is C23H14ClFN2O4S2. The molecule has 0 saturated carbocycles. The van der Waals surface area contributed by atoms with Crippen molar-refractivity contribution in [2.75, 3.05) is 4.90 Å². The molecule has 1 heterocycles. The molecule has 0 bridgehead atoms. The molecule has 1 amide bonds. The van der Waals surface area contributed by atoms with Crippen LogP contribution in [0.25, 0.3) is 6.08 Å². The van der Waals surface area contributed by atoms with Gasteiger partial charge in [0.15, 0.2) is 4.32 Å². The Bertz CT molecular complexity index is 1280. The van der Waals surface area contributed by atoms with E-state index >= 15 is 0 Å². The lowest BCUT2D eigenvalue weighted by molar-refractivity contribution is -0.384. The summed E-state index contributed by atoms with van der Waals surface area (Å²) >= 11 is 12.5. The van der Waals surface area contributed by atoms with E-state index in [1.807, 2.05) is 0 Å². The topological polar surface area (TPSA) is 72.7 Å². The van der Waals surface area contributed by atoms with Crippen LogP contribution in [0.2, 0.25) is 5.02 Å². The van der Waals surface area contributed by atoms with Crippen LogP contribution in [0.3, 0.4) is 0 Å². The minimum absolute atomic E-state index is 0.0444. The van der Waals surface area contributed by atoms with E-state index < -0.39 is 10.7 Å². The van der Waals surface area contributed by atoms with Crippen molar-refractivity contribution in [1.82, 2.24) is 0 Å². The molecule has 166 valence electrons. The number of nitro benzene ring substituents is 1. The quantitative estimate of drug-likeness (QED) is 0.169. The fourth-order valence-electron chi connectivity index (χ4n) is 3.08. The summed E-state index contributed by atoms with van der Waals surface area (Å²) in [4.78, 5) is 25.0. The normalized spacial score (nSPS) is 14.7. The van der Waals surface area contributed by atoms with Gasteiger partial charge in [-0.3, -0.25) is 19.8 Å². The van der Waals surface area contributed by atoms with Gasteiger partial charge in [-0.1, -0.05) is 53.8 Å². The Morgan fingerprint density at radius 1 is 1.15 bits per heavy atom. The second kappa shape index (κ2) is 9.70. The molecule has 1 saturated heterocycles. The number of non-ortho nitro benzene ring substituents is 1. The number of benzene rings is 3. The lowest BCUT2D eigenvalue weighted by atomic mass is 10.2. The summed E-state index contributed by atoms with van der Waals surface area (Å²) in [7, 11) is 0. The monoisotopic (exact) mass is 500 g/mol. The molecule has 0 aliphatic carbocycles. The number of nitro groups is 1. The number of ether oxygens (including phenoxy) is 1. The lowest BCUT2D eigenvalue weighted by Crippen LogP contribution is -2.27. The molecule has 3 aromatic carbocycles. The first-order valence-electron chi connectivity index (χ1n) is 9.51. The van der Waals surface area contributed by atoms with Crippen molar-refractivity contribution < 1.29 is 18.8 Å².